The number of carbonyl (C=O) groups excluding carboxylic acids is 1. The van der Waals surface area contributed by atoms with Gasteiger partial charge in [0, 0.05) is 25.2 Å². The molecule has 8 heteroatoms. The van der Waals surface area contributed by atoms with Crippen molar-refractivity contribution >= 4 is 11.6 Å². The van der Waals surface area contributed by atoms with Gasteiger partial charge < -0.3 is 4.90 Å². The normalized spacial score (nSPS) is 19.2. The number of fused-ring (bicyclic) bond motifs is 2. The zero-order valence-corrected chi connectivity index (χ0v) is 17.7. The highest BCUT2D eigenvalue weighted by Gasteiger charge is 2.32. The van der Waals surface area contributed by atoms with E-state index in [1.165, 1.54) is 34.4 Å². The van der Waals surface area contributed by atoms with Gasteiger partial charge in [-0.3, -0.25) is 9.20 Å². The maximum absolute atomic E-state index is 13.2. The van der Waals surface area contributed by atoms with E-state index in [4.69, 9.17) is 0 Å². The number of piperidine rings is 1. The summed E-state index contributed by atoms with van der Waals surface area (Å²) in [7, 11) is 0. The third-order valence-electron chi connectivity index (χ3n) is 6.66. The lowest BCUT2D eigenvalue weighted by Crippen LogP contribution is -2.40. The number of pyridine rings is 1. The van der Waals surface area contributed by atoms with Crippen LogP contribution in [0, 0.1) is 0 Å². The fourth-order valence-corrected chi connectivity index (χ4v) is 4.95. The number of benzene rings is 1. The molecular formula is C24H25F3N4O. The molecule has 2 aliphatic rings. The van der Waals surface area contributed by atoms with Crippen LogP contribution >= 0.6 is 0 Å². The maximum Gasteiger partial charge on any atom is 0.417 e. The van der Waals surface area contributed by atoms with E-state index in [1.807, 2.05) is 11.0 Å². The monoisotopic (exact) mass is 442 g/mol. The molecule has 1 aliphatic heterocycles. The third-order valence-corrected chi connectivity index (χ3v) is 6.66. The summed E-state index contributed by atoms with van der Waals surface area (Å²) < 4.78 is 40.9. The lowest BCUT2D eigenvalue weighted by molar-refractivity contribution is -0.137. The van der Waals surface area contributed by atoms with Gasteiger partial charge in [0.25, 0.3) is 0 Å². The molecule has 1 fully saturated rings. The Labute approximate surface area is 184 Å². The first-order valence-corrected chi connectivity index (χ1v) is 11.2. The van der Waals surface area contributed by atoms with Crippen LogP contribution in [0.3, 0.4) is 0 Å². The van der Waals surface area contributed by atoms with E-state index < -0.39 is 11.7 Å². The van der Waals surface area contributed by atoms with Gasteiger partial charge >= 0.3 is 6.18 Å². The van der Waals surface area contributed by atoms with Crippen molar-refractivity contribution in [2.45, 2.75) is 57.0 Å². The molecule has 168 valence electrons. The smallest absolute Gasteiger partial charge is 0.342 e. The lowest BCUT2D eigenvalue weighted by Gasteiger charge is -2.32. The average molecular weight is 442 g/mol. The molecular weight excluding hydrogens is 417 g/mol. The standard InChI is InChI=1S/C24H25F3N4O/c25-24(26,27)20-9-10-21-28-29-23(31(21)15-20)19-6-3-11-30(14-19)22(32)13-16-7-8-17-4-1-2-5-18(17)12-16/h7-10,12,15,19H,1-6,11,13-14H2. The van der Waals surface area contributed by atoms with Gasteiger partial charge in [-0.25, -0.2) is 0 Å². The predicted octanol–water partition coefficient (Wildman–Crippen LogP) is 4.58. The minimum absolute atomic E-state index is 0.0512. The fourth-order valence-electron chi connectivity index (χ4n) is 4.95. The van der Waals surface area contributed by atoms with Crippen LogP contribution in [0.2, 0.25) is 0 Å². The molecule has 0 spiro atoms. The number of hydrogen-bond acceptors (Lipinski definition) is 3. The van der Waals surface area contributed by atoms with Gasteiger partial charge in [-0.1, -0.05) is 18.2 Å². The number of hydrogen-bond donors (Lipinski definition) is 0. The van der Waals surface area contributed by atoms with Crippen LogP contribution in [-0.2, 0) is 30.2 Å². The van der Waals surface area contributed by atoms with Crippen LogP contribution < -0.4 is 0 Å². The van der Waals surface area contributed by atoms with E-state index in [1.54, 1.807) is 0 Å². The number of rotatable bonds is 3. The van der Waals surface area contributed by atoms with Crippen LogP contribution in [0.25, 0.3) is 5.65 Å². The molecule has 1 amide bonds. The zero-order valence-electron chi connectivity index (χ0n) is 17.7. The maximum atomic E-state index is 13.2. The summed E-state index contributed by atoms with van der Waals surface area (Å²) in [5.41, 5.74) is 3.42. The summed E-state index contributed by atoms with van der Waals surface area (Å²) in [6.45, 7) is 1.10. The van der Waals surface area contributed by atoms with E-state index in [2.05, 4.69) is 22.3 Å². The van der Waals surface area contributed by atoms with Crippen LogP contribution in [0.15, 0.2) is 36.5 Å². The predicted molar refractivity (Wildman–Crippen MR) is 113 cm³/mol. The number of aromatic nitrogens is 3. The van der Waals surface area contributed by atoms with Gasteiger partial charge in [0.1, 0.15) is 5.82 Å². The molecule has 0 bridgehead atoms. The third kappa shape index (κ3) is 4.10. The first-order chi connectivity index (χ1) is 15.4. The first kappa shape index (κ1) is 21.0. The molecule has 0 N–H and O–H groups in total. The highest BCUT2D eigenvalue weighted by molar-refractivity contribution is 5.79. The topological polar surface area (TPSA) is 50.5 Å². The number of carbonyl (C=O) groups is 1. The molecule has 3 heterocycles. The van der Waals surface area contributed by atoms with Crippen molar-refractivity contribution in [2.75, 3.05) is 13.1 Å². The summed E-state index contributed by atoms with van der Waals surface area (Å²) in [5.74, 6) is 0.391. The Kier molecular flexibility index (Phi) is 5.39. The highest BCUT2D eigenvalue weighted by Crippen LogP contribution is 2.31. The highest BCUT2D eigenvalue weighted by atomic mass is 19.4. The molecule has 2 aromatic heterocycles. The van der Waals surface area contributed by atoms with Gasteiger partial charge in [0.05, 0.1) is 12.0 Å². The van der Waals surface area contributed by atoms with E-state index >= 15 is 0 Å². The Morgan fingerprint density at radius 1 is 1.03 bits per heavy atom. The van der Waals surface area contributed by atoms with Crippen molar-refractivity contribution in [3.05, 3.63) is 64.6 Å². The van der Waals surface area contributed by atoms with Crippen molar-refractivity contribution in [3.63, 3.8) is 0 Å². The summed E-state index contributed by atoms with van der Waals surface area (Å²) >= 11 is 0. The van der Waals surface area contributed by atoms with Crippen molar-refractivity contribution in [2.24, 2.45) is 0 Å². The van der Waals surface area contributed by atoms with Crippen molar-refractivity contribution < 1.29 is 18.0 Å². The second-order valence-electron chi connectivity index (χ2n) is 8.87. The minimum Gasteiger partial charge on any atom is -0.342 e. The molecule has 0 radical (unpaired) electrons. The van der Waals surface area contributed by atoms with Gasteiger partial charge in [-0.2, -0.15) is 13.2 Å². The molecule has 1 saturated heterocycles. The van der Waals surface area contributed by atoms with Crippen LogP contribution in [-0.4, -0.2) is 38.5 Å². The molecule has 1 unspecified atom stereocenters. The van der Waals surface area contributed by atoms with E-state index in [0.29, 0.717) is 31.0 Å². The molecule has 5 rings (SSSR count). The summed E-state index contributed by atoms with van der Waals surface area (Å²) in [5, 5.41) is 8.21. The Hall–Kier alpha value is -2.90. The van der Waals surface area contributed by atoms with Gasteiger partial charge in [0.15, 0.2) is 5.65 Å². The molecule has 0 saturated carbocycles. The van der Waals surface area contributed by atoms with Crippen LogP contribution in [0.4, 0.5) is 13.2 Å². The number of amides is 1. The second kappa shape index (κ2) is 8.22. The van der Waals surface area contributed by atoms with Crippen LogP contribution in [0.1, 0.15) is 59.7 Å². The quantitative estimate of drug-likeness (QED) is 0.597. The number of nitrogens with zero attached hydrogens (tertiary/aromatic N) is 4. The summed E-state index contributed by atoms with van der Waals surface area (Å²) in [6.07, 6.45) is 3.12. The van der Waals surface area contributed by atoms with Crippen molar-refractivity contribution in [1.82, 2.24) is 19.5 Å². The van der Waals surface area contributed by atoms with Crippen LogP contribution in [0.5, 0.6) is 0 Å². The fraction of sp³-hybridized carbons (Fsp3) is 0.458. The lowest BCUT2D eigenvalue weighted by atomic mass is 9.89. The zero-order chi connectivity index (χ0) is 22.3. The molecule has 1 aliphatic carbocycles. The number of likely N-dealkylation sites (tertiary alicyclic amines) is 1. The first-order valence-electron chi connectivity index (χ1n) is 11.2. The van der Waals surface area contributed by atoms with Crippen molar-refractivity contribution in [3.8, 4) is 0 Å². The number of halogens is 3. The molecule has 1 aromatic carbocycles. The van der Waals surface area contributed by atoms with Gasteiger partial charge in [-0.05, 0) is 67.3 Å². The van der Waals surface area contributed by atoms with Gasteiger partial charge in [0.2, 0.25) is 5.91 Å². The minimum atomic E-state index is -4.43. The van der Waals surface area contributed by atoms with E-state index in [0.717, 1.165) is 43.5 Å². The van der Waals surface area contributed by atoms with Gasteiger partial charge in [-0.15, -0.1) is 10.2 Å². The molecule has 5 nitrogen and oxygen atoms in total. The molecule has 3 aromatic rings. The Morgan fingerprint density at radius 3 is 2.66 bits per heavy atom. The Morgan fingerprint density at radius 2 is 1.84 bits per heavy atom. The van der Waals surface area contributed by atoms with Crippen molar-refractivity contribution in [1.29, 1.82) is 0 Å². The molecule has 32 heavy (non-hydrogen) atoms. The summed E-state index contributed by atoms with van der Waals surface area (Å²) in [6, 6.07) is 8.72. The Bertz CT molecular complexity index is 1150. The SMILES string of the molecule is O=C(Cc1ccc2c(c1)CCCC2)N1CCCC(c2nnc3ccc(C(F)(F)F)cn23)C1. The summed E-state index contributed by atoms with van der Waals surface area (Å²) in [4.78, 5) is 14.9. The van der Waals surface area contributed by atoms with E-state index in [9.17, 15) is 18.0 Å². The Balaban J connectivity index is 1.33. The largest absolute Gasteiger partial charge is 0.417 e. The average Bonchev–Trinajstić information content (AvgIpc) is 3.22. The van der Waals surface area contributed by atoms with E-state index in [-0.39, 0.29) is 11.8 Å². The second-order valence-corrected chi connectivity index (χ2v) is 8.87. The number of alkyl halides is 3. The molecule has 1 atom stereocenters. The number of aryl methyl sites for hydroxylation is 2.